The summed E-state index contributed by atoms with van der Waals surface area (Å²) in [6.45, 7) is 1.54. The number of hydrogen-bond donors (Lipinski definition) is 2. The highest BCUT2D eigenvalue weighted by Crippen LogP contribution is 2.08. The minimum absolute atomic E-state index is 0. The second kappa shape index (κ2) is 3.63. The molecule has 0 aromatic rings. The fourth-order valence-electron chi connectivity index (χ4n) is 0.784. The molecule has 0 aliphatic carbocycles. The number of nitrogens with one attached hydrogen (secondary N) is 1. The van der Waals surface area contributed by atoms with Crippen LogP contribution in [-0.2, 0) is 4.74 Å². The van der Waals surface area contributed by atoms with E-state index in [0.717, 1.165) is 13.1 Å². The summed E-state index contributed by atoms with van der Waals surface area (Å²) in [4.78, 5) is 1.76. The molecule has 0 radical (unpaired) electrons. The summed E-state index contributed by atoms with van der Waals surface area (Å²) in [5.41, 5.74) is 5.17. The monoisotopic (exact) mass is 165 g/mol. The van der Waals surface area contributed by atoms with Gasteiger partial charge in [0.1, 0.15) is 0 Å². The van der Waals surface area contributed by atoms with E-state index in [0.29, 0.717) is 0 Å². The summed E-state index contributed by atoms with van der Waals surface area (Å²) < 4.78 is 4.97. The molecule has 1 heterocycles. The number of methoxy groups -OCH3 is 1. The summed E-state index contributed by atoms with van der Waals surface area (Å²) in [7, 11) is 1.67. The first-order chi connectivity index (χ1) is 4.24. The second-order valence-electron chi connectivity index (χ2n) is 2.15. The molecular formula is C5H12ClN3O. The van der Waals surface area contributed by atoms with Gasteiger partial charge in [0, 0.05) is 20.2 Å². The zero-order valence-electron chi connectivity index (χ0n) is 5.83. The van der Waals surface area contributed by atoms with Crippen LogP contribution in [0.5, 0.6) is 0 Å². The fourth-order valence-corrected chi connectivity index (χ4v) is 0.784. The molecule has 1 aliphatic heterocycles. The van der Waals surface area contributed by atoms with Crippen molar-refractivity contribution in [2.45, 2.75) is 6.10 Å². The Balaban J connectivity index is 0.000000810. The Morgan fingerprint density at radius 2 is 2.20 bits per heavy atom. The van der Waals surface area contributed by atoms with Crippen molar-refractivity contribution in [3.63, 3.8) is 0 Å². The zero-order chi connectivity index (χ0) is 6.85. The molecule has 0 spiro atoms. The highest BCUT2D eigenvalue weighted by atomic mass is 35.5. The van der Waals surface area contributed by atoms with E-state index in [1.165, 1.54) is 0 Å². The molecule has 0 atom stereocenters. The quantitative estimate of drug-likeness (QED) is 0.412. The van der Waals surface area contributed by atoms with Gasteiger partial charge in [-0.3, -0.25) is 5.41 Å². The number of nitrogens with two attached hydrogens (primary N) is 1. The fraction of sp³-hybridized carbons (Fsp3) is 0.800. The van der Waals surface area contributed by atoms with Crippen LogP contribution in [0.2, 0.25) is 0 Å². The first kappa shape index (κ1) is 9.52. The van der Waals surface area contributed by atoms with E-state index in [4.69, 9.17) is 15.9 Å². The molecule has 0 aromatic carbocycles. The predicted octanol–water partition coefficient (Wildman–Crippen LogP) is -0.368. The third-order valence-corrected chi connectivity index (χ3v) is 1.52. The largest absolute Gasteiger partial charge is 0.378 e. The molecule has 60 valence electrons. The molecule has 0 unspecified atom stereocenters. The highest BCUT2D eigenvalue weighted by Gasteiger charge is 2.26. The van der Waals surface area contributed by atoms with E-state index < -0.39 is 0 Å². The van der Waals surface area contributed by atoms with Crippen LogP contribution >= 0.6 is 12.4 Å². The van der Waals surface area contributed by atoms with Crippen LogP contribution < -0.4 is 5.73 Å². The molecule has 0 saturated carbocycles. The Morgan fingerprint density at radius 3 is 2.50 bits per heavy atom. The third kappa shape index (κ3) is 1.75. The van der Waals surface area contributed by atoms with Crippen LogP contribution in [-0.4, -0.2) is 37.2 Å². The van der Waals surface area contributed by atoms with Gasteiger partial charge in [-0.05, 0) is 0 Å². The summed E-state index contributed by atoms with van der Waals surface area (Å²) in [5, 5.41) is 6.96. The van der Waals surface area contributed by atoms with E-state index in [-0.39, 0.29) is 24.5 Å². The van der Waals surface area contributed by atoms with E-state index in [1.807, 2.05) is 0 Å². The van der Waals surface area contributed by atoms with Gasteiger partial charge in [-0.25, -0.2) is 0 Å². The highest BCUT2D eigenvalue weighted by molar-refractivity contribution is 5.85. The summed E-state index contributed by atoms with van der Waals surface area (Å²) in [6.07, 6.45) is 0.286. The third-order valence-electron chi connectivity index (χ3n) is 1.52. The van der Waals surface area contributed by atoms with Crippen molar-refractivity contribution in [2.24, 2.45) is 5.73 Å². The summed E-state index contributed by atoms with van der Waals surface area (Å²) in [5.74, 6) is 0.142. The van der Waals surface area contributed by atoms with Gasteiger partial charge in [0.2, 0.25) is 0 Å². The van der Waals surface area contributed by atoms with Crippen molar-refractivity contribution >= 4 is 18.4 Å². The maximum atomic E-state index is 6.96. The molecule has 1 saturated heterocycles. The lowest BCUT2D eigenvalue weighted by atomic mass is 10.2. The molecule has 0 amide bonds. The molecule has 0 bridgehead atoms. The van der Waals surface area contributed by atoms with Crippen LogP contribution in [0.25, 0.3) is 0 Å². The van der Waals surface area contributed by atoms with E-state index in [2.05, 4.69) is 0 Å². The second-order valence-corrected chi connectivity index (χ2v) is 2.15. The smallest absolute Gasteiger partial charge is 0.188 e. The van der Waals surface area contributed by atoms with Crippen molar-refractivity contribution in [3.05, 3.63) is 0 Å². The number of rotatable bonds is 1. The average Bonchev–Trinajstić information content (AvgIpc) is 1.61. The lowest BCUT2D eigenvalue weighted by Crippen LogP contribution is -2.56. The summed E-state index contributed by atoms with van der Waals surface area (Å²) >= 11 is 0. The zero-order valence-corrected chi connectivity index (χ0v) is 6.65. The molecule has 1 rings (SSSR count). The number of guanidine groups is 1. The van der Waals surface area contributed by atoms with E-state index >= 15 is 0 Å². The van der Waals surface area contributed by atoms with Crippen LogP contribution in [0.4, 0.5) is 0 Å². The number of halogens is 1. The molecule has 1 aliphatic rings. The molecule has 0 aromatic heterocycles. The van der Waals surface area contributed by atoms with Crippen molar-refractivity contribution in [3.8, 4) is 0 Å². The minimum Gasteiger partial charge on any atom is -0.378 e. The van der Waals surface area contributed by atoms with Crippen LogP contribution in [0, 0.1) is 5.41 Å². The molecule has 4 nitrogen and oxygen atoms in total. The number of likely N-dealkylation sites (tertiary alicyclic amines) is 1. The van der Waals surface area contributed by atoms with Crippen LogP contribution in [0.1, 0.15) is 0 Å². The lowest BCUT2D eigenvalue weighted by Gasteiger charge is -2.38. The summed E-state index contributed by atoms with van der Waals surface area (Å²) in [6, 6.07) is 0. The Bertz CT molecular complexity index is 124. The topological polar surface area (TPSA) is 62.3 Å². The van der Waals surface area contributed by atoms with Crippen molar-refractivity contribution < 1.29 is 4.74 Å². The first-order valence-electron chi connectivity index (χ1n) is 2.86. The number of ether oxygens (including phenoxy) is 1. The Kier molecular flexibility index (Phi) is 3.46. The van der Waals surface area contributed by atoms with Gasteiger partial charge < -0.3 is 15.4 Å². The van der Waals surface area contributed by atoms with Gasteiger partial charge in [-0.1, -0.05) is 0 Å². The standard InChI is InChI=1S/C5H11N3O.ClH/c1-9-4-2-8(3-4)5(6)7;/h4H,2-3H2,1H3,(H3,6,7);1H. The van der Waals surface area contributed by atoms with Gasteiger partial charge in [0.15, 0.2) is 5.96 Å². The predicted molar refractivity (Wildman–Crippen MR) is 41.5 cm³/mol. The van der Waals surface area contributed by atoms with Gasteiger partial charge in [-0.15, -0.1) is 12.4 Å². The van der Waals surface area contributed by atoms with E-state index in [1.54, 1.807) is 12.0 Å². The Morgan fingerprint density at radius 1 is 1.70 bits per heavy atom. The van der Waals surface area contributed by atoms with Crippen molar-refractivity contribution in [1.82, 2.24) is 4.90 Å². The van der Waals surface area contributed by atoms with Gasteiger partial charge in [-0.2, -0.15) is 0 Å². The maximum Gasteiger partial charge on any atom is 0.188 e. The van der Waals surface area contributed by atoms with Gasteiger partial charge in [0.25, 0.3) is 0 Å². The van der Waals surface area contributed by atoms with Gasteiger partial charge >= 0.3 is 0 Å². The average molecular weight is 166 g/mol. The van der Waals surface area contributed by atoms with Crippen molar-refractivity contribution in [1.29, 1.82) is 5.41 Å². The maximum absolute atomic E-state index is 6.96. The Labute approximate surface area is 66.2 Å². The molecule has 10 heavy (non-hydrogen) atoms. The molecule has 1 fully saturated rings. The number of nitrogens with zero attached hydrogens (tertiary/aromatic N) is 1. The number of hydrogen-bond acceptors (Lipinski definition) is 2. The molecule has 5 heteroatoms. The lowest BCUT2D eigenvalue weighted by molar-refractivity contribution is 0.00485. The SMILES string of the molecule is COC1CN(C(=N)N)C1.Cl. The normalized spacial score (nSPS) is 17.5. The minimum atomic E-state index is 0. The Hall–Kier alpha value is -0.480. The van der Waals surface area contributed by atoms with Gasteiger partial charge in [0.05, 0.1) is 6.10 Å². The van der Waals surface area contributed by atoms with E-state index in [9.17, 15) is 0 Å². The molecule has 3 N–H and O–H groups in total. The first-order valence-corrected chi connectivity index (χ1v) is 2.86. The van der Waals surface area contributed by atoms with Crippen LogP contribution in [0.3, 0.4) is 0 Å². The van der Waals surface area contributed by atoms with Crippen LogP contribution in [0.15, 0.2) is 0 Å². The van der Waals surface area contributed by atoms with Crippen molar-refractivity contribution in [2.75, 3.05) is 20.2 Å². The molecular weight excluding hydrogens is 154 g/mol.